The fourth-order valence-corrected chi connectivity index (χ4v) is 3.60. The van der Waals surface area contributed by atoms with Crippen molar-refractivity contribution in [3.8, 4) is 22.1 Å². The zero-order valence-corrected chi connectivity index (χ0v) is 16.3. The highest BCUT2D eigenvalue weighted by molar-refractivity contribution is 7.13. The van der Waals surface area contributed by atoms with Crippen LogP contribution in [0, 0.1) is 0 Å². The first kappa shape index (κ1) is 18.6. The molecule has 2 aromatic heterocycles. The molecule has 0 atom stereocenters. The van der Waals surface area contributed by atoms with Crippen molar-refractivity contribution >= 4 is 34.4 Å². The average molecular weight is 403 g/mol. The second kappa shape index (κ2) is 8.12. The SMILES string of the molecule is COc1cc(C=NNC(=O)c2cc(-c3cccs3)nc3ccccc23)ccc1O. The number of methoxy groups -OCH3 is 1. The van der Waals surface area contributed by atoms with E-state index in [-0.39, 0.29) is 11.7 Å². The Morgan fingerprint density at radius 1 is 1.17 bits per heavy atom. The molecule has 0 aliphatic heterocycles. The van der Waals surface area contributed by atoms with Gasteiger partial charge in [-0.25, -0.2) is 10.4 Å². The molecule has 0 fully saturated rings. The quantitative estimate of drug-likeness (QED) is 0.381. The molecule has 2 N–H and O–H groups in total. The minimum atomic E-state index is -0.330. The molecule has 0 spiro atoms. The van der Waals surface area contributed by atoms with E-state index in [0.29, 0.717) is 16.9 Å². The summed E-state index contributed by atoms with van der Waals surface area (Å²) in [7, 11) is 1.47. The molecule has 0 aliphatic carbocycles. The molecule has 0 bridgehead atoms. The topological polar surface area (TPSA) is 83.8 Å². The van der Waals surface area contributed by atoms with Crippen LogP contribution in [0.4, 0.5) is 0 Å². The van der Waals surface area contributed by atoms with E-state index in [9.17, 15) is 9.90 Å². The number of nitrogens with zero attached hydrogens (tertiary/aromatic N) is 2. The number of para-hydroxylation sites is 1. The number of phenolic OH excluding ortho intramolecular Hbond substituents is 1. The summed E-state index contributed by atoms with van der Waals surface area (Å²) in [4.78, 5) is 18.5. The number of amides is 1. The van der Waals surface area contributed by atoms with Crippen LogP contribution in [0.3, 0.4) is 0 Å². The van der Waals surface area contributed by atoms with Crippen molar-refractivity contribution in [2.75, 3.05) is 7.11 Å². The Morgan fingerprint density at radius 2 is 2.03 bits per heavy atom. The second-order valence-electron chi connectivity index (χ2n) is 6.18. The Morgan fingerprint density at radius 3 is 2.83 bits per heavy atom. The molecule has 0 radical (unpaired) electrons. The van der Waals surface area contributed by atoms with Crippen molar-refractivity contribution < 1.29 is 14.6 Å². The van der Waals surface area contributed by atoms with E-state index in [2.05, 4.69) is 15.5 Å². The van der Waals surface area contributed by atoms with Gasteiger partial charge in [-0.15, -0.1) is 11.3 Å². The summed E-state index contributed by atoms with van der Waals surface area (Å²) in [5.74, 6) is 0.0439. The maximum atomic E-state index is 12.8. The lowest BCUT2D eigenvalue weighted by atomic mass is 10.1. The van der Waals surface area contributed by atoms with Gasteiger partial charge in [0.05, 0.1) is 35.0 Å². The van der Waals surface area contributed by atoms with Crippen LogP contribution < -0.4 is 10.2 Å². The number of carbonyl (C=O) groups is 1. The van der Waals surface area contributed by atoms with Gasteiger partial charge in [-0.3, -0.25) is 4.79 Å². The fraction of sp³-hybridized carbons (Fsp3) is 0.0455. The van der Waals surface area contributed by atoms with Crippen LogP contribution in [0.2, 0.25) is 0 Å². The smallest absolute Gasteiger partial charge is 0.272 e. The molecule has 0 saturated heterocycles. The van der Waals surface area contributed by atoms with Crippen molar-refractivity contribution in [3.63, 3.8) is 0 Å². The number of aromatic hydroxyl groups is 1. The Hall–Kier alpha value is -3.71. The third-order valence-electron chi connectivity index (χ3n) is 4.32. The highest BCUT2D eigenvalue weighted by Crippen LogP contribution is 2.28. The van der Waals surface area contributed by atoms with E-state index in [0.717, 1.165) is 21.5 Å². The number of phenols is 1. The molecule has 7 heteroatoms. The Kier molecular flexibility index (Phi) is 5.22. The molecule has 1 amide bonds. The molecule has 4 rings (SSSR count). The third kappa shape index (κ3) is 3.95. The Bertz CT molecular complexity index is 1200. The van der Waals surface area contributed by atoms with Crippen molar-refractivity contribution in [2.24, 2.45) is 5.10 Å². The highest BCUT2D eigenvalue weighted by atomic mass is 32.1. The van der Waals surface area contributed by atoms with E-state index in [1.165, 1.54) is 19.4 Å². The number of aromatic nitrogens is 1. The van der Waals surface area contributed by atoms with Gasteiger partial charge >= 0.3 is 0 Å². The summed E-state index contributed by atoms with van der Waals surface area (Å²) < 4.78 is 5.07. The Balaban J connectivity index is 1.63. The maximum Gasteiger partial charge on any atom is 0.272 e. The largest absolute Gasteiger partial charge is 0.504 e. The molecule has 0 saturated carbocycles. The van der Waals surface area contributed by atoms with Crippen molar-refractivity contribution in [1.29, 1.82) is 0 Å². The molecule has 29 heavy (non-hydrogen) atoms. The van der Waals surface area contributed by atoms with E-state index in [1.807, 2.05) is 41.8 Å². The van der Waals surface area contributed by atoms with Crippen LogP contribution in [0.5, 0.6) is 11.5 Å². The standard InChI is InChI=1S/C22H17N3O3S/c1-28-20-11-14(8-9-19(20)26)13-23-25-22(27)16-12-18(21-7-4-10-29-21)24-17-6-3-2-5-15(16)17/h2-13,26H,1H3,(H,25,27). The number of nitrogens with one attached hydrogen (secondary N) is 1. The molecule has 2 aromatic carbocycles. The molecule has 6 nitrogen and oxygen atoms in total. The normalized spacial score (nSPS) is 11.1. The summed E-state index contributed by atoms with van der Waals surface area (Å²) in [6.07, 6.45) is 1.49. The van der Waals surface area contributed by atoms with Gasteiger partial charge in [0, 0.05) is 5.39 Å². The second-order valence-corrected chi connectivity index (χ2v) is 7.13. The minimum Gasteiger partial charge on any atom is -0.504 e. The number of ether oxygens (including phenoxy) is 1. The first-order valence-electron chi connectivity index (χ1n) is 8.80. The number of hydrogen-bond acceptors (Lipinski definition) is 6. The summed E-state index contributed by atoms with van der Waals surface area (Å²) in [5.41, 5.74) is 5.24. The van der Waals surface area contributed by atoms with Gasteiger partial charge in [0.25, 0.3) is 5.91 Å². The van der Waals surface area contributed by atoms with Crippen molar-refractivity contribution in [3.05, 3.63) is 77.2 Å². The lowest BCUT2D eigenvalue weighted by Gasteiger charge is -2.08. The number of carbonyl (C=O) groups excluding carboxylic acids is 1. The van der Waals surface area contributed by atoms with Crippen molar-refractivity contribution in [2.45, 2.75) is 0 Å². The van der Waals surface area contributed by atoms with E-state index in [4.69, 9.17) is 4.74 Å². The number of thiophene rings is 1. The van der Waals surface area contributed by atoms with Crippen molar-refractivity contribution in [1.82, 2.24) is 10.4 Å². The number of hydrazone groups is 1. The lowest BCUT2D eigenvalue weighted by Crippen LogP contribution is -2.18. The van der Waals surface area contributed by atoms with E-state index in [1.54, 1.807) is 29.5 Å². The van der Waals surface area contributed by atoms with Crippen LogP contribution in [0.25, 0.3) is 21.5 Å². The predicted octanol–water partition coefficient (Wildman–Crippen LogP) is 4.44. The minimum absolute atomic E-state index is 0.0399. The first-order chi connectivity index (χ1) is 14.2. The maximum absolute atomic E-state index is 12.8. The van der Waals surface area contributed by atoms with Crippen LogP contribution in [-0.4, -0.2) is 29.3 Å². The summed E-state index contributed by atoms with van der Waals surface area (Å²) in [5, 5.41) is 16.4. The molecule has 2 heterocycles. The van der Waals surface area contributed by atoms with Crippen LogP contribution in [0.15, 0.2) is 71.1 Å². The number of fused-ring (bicyclic) bond motifs is 1. The molecule has 0 aliphatic rings. The average Bonchev–Trinajstić information content (AvgIpc) is 3.29. The highest BCUT2D eigenvalue weighted by Gasteiger charge is 2.14. The Labute approximate surface area is 171 Å². The zero-order valence-electron chi connectivity index (χ0n) is 15.5. The van der Waals surface area contributed by atoms with Gasteiger partial charge < -0.3 is 9.84 Å². The number of benzene rings is 2. The van der Waals surface area contributed by atoms with E-state index >= 15 is 0 Å². The summed E-state index contributed by atoms with van der Waals surface area (Å²) in [6, 6.07) is 18.0. The van der Waals surface area contributed by atoms with Gasteiger partial charge in [0.1, 0.15) is 0 Å². The third-order valence-corrected chi connectivity index (χ3v) is 5.21. The lowest BCUT2D eigenvalue weighted by molar-refractivity contribution is 0.0956. The van der Waals surface area contributed by atoms with Gasteiger partial charge in [0.2, 0.25) is 0 Å². The molecular formula is C22H17N3O3S. The van der Waals surface area contributed by atoms with Gasteiger partial charge in [-0.05, 0) is 47.3 Å². The first-order valence-corrected chi connectivity index (χ1v) is 9.68. The van der Waals surface area contributed by atoms with Gasteiger partial charge in [-0.1, -0.05) is 24.3 Å². The number of pyridine rings is 1. The van der Waals surface area contributed by atoms with Gasteiger partial charge in [0.15, 0.2) is 11.5 Å². The summed E-state index contributed by atoms with van der Waals surface area (Å²) >= 11 is 1.57. The van der Waals surface area contributed by atoms with Gasteiger partial charge in [-0.2, -0.15) is 5.10 Å². The fourth-order valence-electron chi connectivity index (χ4n) is 2.91. The molecule has 4 aromatic rings. The number of hydrogen-bond donors (Lipinski definition) is 2. The molecular weight excluding hydrogens is 386 g/mol. The molecule has 144 valence electrons. The predicted molar refractivity (Wildman–Crippen MR) is 115 cm³/mol. The van der Waals surface area contributed by atoms with Crippen LogP contribution in [-0.2, 0) is 0 Å². The van der Waals surface area contributed by atoms with E-state index < -0.39 is 0 Å². The van der Waals surface area contributed by atoms with Crippen LogP contribution >= 0.6 is 11.3 Å². The number of rotatable bonds is 5. The molecule has 0 unspecified atom stereocenters. The van der Waals surface area contributed by atoms with Crippen LogP contribution in [0.1, 0.15) is 15.9 Å². The zero-order chi connectivity index (χ0) is 20.2. The monoisotopic (exact) mass is 403 g/mol. The summed E-state index contributed by atoms with van der Waals surface area (Å²) in [6.45, 7) is 0.